The smallest absolute Gasteiger partial charge is 0.408 e. The molecular weight excluding hydrogens is 430 g/mol. The Balaban J connectivity index is 1.55. The van der Waals surface area contributed by atoms with Crippen LogP contribution in [0.3, 0.4) is 0 Å². The first-order valence-corrected chi connectivity index (χ1v) is 11.0. The van der Waals surface area contributed by atoms with Crippen molar-refractivity contribution in [1.29, 1.82) is 0 Å². The third-order valence-corrected chi connectivity index (χ3v) is 4.78. The lowest BCUT2D eigenvalue weighted by molar-refractivity contribution is -0.115. The van der Waals surface area contributed by atoms with Crippen LogP contribution in [0.5, 0.6) is 0 Å². The Labute approximate surface area is 199 Å². The number of anilines is 1. The molecule has 0 bridgehead atoms. The van der Waals surface area contributed by atoms with E-state index in [0.29, 0.717) is 11.3 Å². The SMILES string of the molecule is CC(C)(C)OC(=O)NCC(=O)Nc1ccccc1CNC(=O)c1ccc(-c2ccccc2)cc1. The monoisotopic (exact) mass is 459 g/mol. The van der Waals surface area contributed by atoms with Gasteiger partial charge in [-0.15, -0.1) is 0 Å². The largest absolute Gasteiger partial charge is 0.444 e. The van der Waals surface area contributed by atoms with Gasteiger partial charge in [-0.05, 0) is 55.7 Å². The number of rotatable bonds is 7. The number of carbonyl (C=O) groups excluding carboxylic acids is 3. The average Bonchev–Trinajstić information content (AvgIpc) is 2.81. The second-order valence-electron chi connectivity index (χ2n) is 8.69. The fraction of sp³-hybridized carbons (Fsp3) is 0.222. The third-order valence-electron chi connectivity index (χ3n) is 4.78. The zero-order valence-corrected chi connectivity index (χ0v) is 19.6. The van der Waals surface area contributed by atoms with E-state index < -0.39 is 17.6 Å². The molecule has 0 atom stereocenters. The van der Waals surface area contributed by atoms with Crippen molar-refractivity contribution in [3.05, 3.63) is 90.0 Å². The molecule has 7 heteroatoms. The van der Waals surface area contributed by atoms with Crippen LogP contribution in [-0.4, -0.2) is 30.1 Å². The van der Waals surface area contributed by atoms with Gasteiger partial charge in [-0.1, -0.05) is 60.7 Å². The van der Waals surface area contributed by atoms with E-state index in [9.17, 15) is 14.4 Å². The molecule has 34 heavy (non-hydrogen) atoms. The quantitative estimate of drug-likeness (QED) is 0.475. The normalized spacial score (nSPS) is 10.8. The van der Waals surface area contributed by atoms with Crippen molar-refractivity contribution in [3.63, 3.8) is 0 Å². The van der Waals surface area contributed by atoms with Gasteiger partial charge in [0.05, 0.1) is 0 Å². The number of hydrogen-bond donors (Lipinski definition) is 3. The molecule has 7 nitrogen and oxygen atoms in total. The second-order valence-corrected chi connectivity index (χ2v) is 8.69. The van der Waals surface area contributed by atoms with E-state index in [4.69, 9.17) is 4.74 Å². The Bertz CT molecular complexity index is 1140. The number of nitrogens with one attached hydrogen (secondary N) is 3. The summed E-state index contributed by atoms with van der Waals surface area (Å²) in [6.45, 7) is 5.23. The lowest BCUT2D eigenvalue weighted by atomic mass is 10.0. The summed E-state index contributed by atoms with van der Waals surface area (Å²) in [5, 5.41) is 8.07. The predicted octanol–water partition coefficient (Wildman–Crippen LogP) is 4.75. The van der Waals surface area contributed by atoms with Crippen molar-refractivity contribution in [3.8, 4) is 11.1 Å². The van der Waals surface area contributed by atoms with Crippen LogP contribution in [0.2, 0.25) is 0 Å². The molecule has 0 aliphatic heterocycles. The molecule has 0 aliphatic carbocycles. The Morgan fingerprint density at radius 1 is 0.765 bits per heavy atom. The van der Waals surface area contributed by atoms with E-state index >= 15 is 0 Å². The number of para-hydroxylation sites is 1. The van der Waals surface area contributed by atoms with Gasteiger partial charge in [-0.3, -0.25) is 9.59 Å². The molecule has 3 aromatic carbocycles. The Morgan fingerprint density at radius 3 is 2.06 bits per heavy atom. The molecule has 0 fully saturated rings. The second kappa shape index (κ2) is 11.1. The van der Waals surface area contributed by atoms with Gasteiger partial charge in [0.2, 0.25) is 5.91 Å². The highest BCUT2D eigenvalue weighted by Gasteiger charge is 2.17. The van der Waals surface area contributed by atoms with E-state index in [1.165, 1.54) is 0 Å². The minimum Gasteiger partial charge on any atom is -0.444 e. The number of hydrogen-bond acceptors (Lipinski definition) is 4. The van der Waals surface area contributed by atoms with E-state index in [2.05, 4.69) is 16.0 Å². The van der Waals surface area contributed by atoms with E-state index in [-0.39, 0.29) is 19.0 Å². The summed E-state index contributed by atoms with van der Waals surface area (Å²) in [5.41, 5.74) is 3.31. The highest BCUT2D eigenvalue weighted by molar-refractivity contribution is 5.96. The molecule has 3 N–H and O–H groups in total. The molecule has 0 saturated heterocycles. The van der Waals surface area contributed by atoms with Crippen LogP contribution in [0, 0.1) is 0 Å². The Morgan fingerprint density at radius 2 is 1.38 bits per heavy atom. The molecule has 176 valence electrons. The summed E-state index contributed by atoms with van der Waals surface area (Å²) in [6.07, 6.45) is -0.665. The van der Waals surface area contributed by atoms with Crippen molar-refractivity contribution in [1.82, 2.24) is 10.6 Å². The molecule has 0 radical (unpaired) electrons. The third kappa shape index (κ3) is 7.48. The lowest BCUT2D eigenvalue weighted by Crippen LogP contribution is -2.37. The average molecular weight is 460 g/mol. The molecule has 3 rings (SSSR count). The summed E-state index contributed by atoms with van der Waals surface area (Å²) in [7, 11) is 0. The van der Waals surface area contributed by atoms with E-state index in [0.717, 1.165) is 16.7 Å². The molecule has 0 aliphatic rings. The number of amides is 3. The van der Waals surface area contributed by atoms with Gasteiger partial charge in [0.25, 0.3) is 5.91 Å². The van der Waals surface area contributed by atoms with Gasteiger partial charge in [0, 0.05) is 17.8 Å². The van der Waals surface area contributed by atoms with Gasteiger partial charge in [0.1, 0.15) is 12.1 Å². The van der Waals surface area contributed by atoms with Crippen LogP contribution in [0.1, 0.15) is 36.7 Å². The van der Waals surface area contributed by atoms with E-state index in [1.54, 1.807) is 45.0 Å². The zero-order chi connectivity index (χ0) is 24.6. The highest BCUT2D eigenvalue weighted by Crippen LogP contribution is 2.19. The fourth-order valence-electron chi connectivity index (χ4n) is 3.18. The molecule has 3 aromatic rings. The Kier molecular flexibility index (Phi) is 8.03. The highest BCUT2D eigenvalue weighted by atomic mass is 16.6. The van der Waals surface area contributed by atoms with Crippen LogP contribution in [0.15, 0.2) is 78.9 Å². The van der Waals surface area contributed by atoms with Crippen LogP contribution in [0.4, 0.5) is 10.5 Å². The standard InChI is InChI=1S/C27H29N3O4/c1-27(2,3)34-26(33)29-18-24(31)30-23-12-8-7-11-22(23)17-28-25(32)21-15-13-20(14-16-21)19-9-5-4-6-10-19/h4-16H,17-18H2,1-3H3,(H,28,32)(H,29,33)(H,30,31). The maximum atomic E-state index is 12.6. The fourth-order valence-corrected chi connectivity index (χ4v) is 3.18. The van der Waals surface area contributed by atoms with Gasteiger partial charge in [0.15, 0.2) is 0 Å². The van der Waals surface area contributed by atoms with Crippen LogP contribution < -0.4 is 16.0 Å². The first-order valence-electron chi connectivity index (χ1n) is 11.0. The number of benzene rings is 3. The molecular formula is C27H29N3O4. The first kappa shape index (κ1) is 24.5. The van der Waals surface area contributed by atoms with Crippen molar-refractivity contribution in [2.24, 2.45) is 0 Å². The molecule has 0 spiro atoms. The topological polar surface area (TPSA) is 96.5 Å². The van der Waals surface area contributed by atoms with Crippen LogP contribution in [0.25, 0.3) is 11.1 Å². The molecule has 3 amide bonds. The summed E-state index contributed by atoms with van der Waals surface area (Å²) >= 11 is 0. The maximum absolute atomic E-state index is 12.6. The minimum absolute atomic E-state index is 0.215. The van der Waals surface area contributed by atoms with Crippen molar-refractivity contribution in [2.75, 3.05) is 11.9 Å². The summed E-state index contributed by atoms with van der Waals surface area (Å²) < 4.78 is 5.12. The molecule has 0 heterocycles. The number of ether oxygens (including phenoxy) is 1. The van der Waals surface area contributed by atoms with Gasteiger partial charge in [-0.2, -0.15) is 0 Å². The van der Waals surface area contributed by atoms with Crippen molar-refractivity contribution in [2.45, 2.75) is 32.9 Å². The van der Waals surface area contributed by atoms with Gasteiger partial charge in [-0.25, -0.2) is 4.79 Å². The molecule has 0 aromatic heterocycles. The number of alkyl carbamates (subject to hydrolysis) is 1. The molecule has 0 saturated carbocycles. The van der Waals surface area contributed by atoms with Crippen LogP contribution >= 0.6 is 0 Å². The lowest BCUT2D eigenvalue weighted by Gasteiger charge is -2.19. The summed E-state index contributed by atoms with van der Waals surface area (Å²) in [5.74, 6) is -0.617. The molecule has 0 unspecified atom stereocenters. The Hall–Kier alpha value is -4.13. The van der Waals surface area contributed by atoms with Crippen molar-refractivity contribution >= 4 is 23.6 Å². The summed E-state index contributed by atoms with van der Waals surface area (Å²) in [4.78, 5) is 36.6. The van der Waals surface area contributed by atoms with Crippen LogP contribution in [-0.2, 0) is 16.1 Å². The van der Waals surface area contributed by atoms with Gasteiger partial charge < -0.3 is 20.7 Å². The number of carbonyl (C=O) groups is 3. The predicted molar refractivity (Wildman–Crippen MR) is 132 cm³/mol. The van der Waals surface area contributed by atoms with Crippen molar-refractivity contribution < 1.29 is 19.1 Å². The maximum Gasteiger partial charge on any atom is 0.408 e. The van der Waals surface area contributed by atoms with E-state index in [1.807, 2.05) is 54.6 Å². The minimum atomic E-state index is -0.665. The first-order chi connectivity index (χ1) is 16.2. The summed E-state index contributed by atoms with van der Waals surface area (Å²) in [6, 6.07) is 24.5. The van der Waals surface area contributed by atoms with Gasteiger partial charge >= 0.3 is 6.09 Å². The zero-order valence-electron chi connectivity index (χ0n) is 19.6.